The summed E-state index contributed by atoms with van der Waals surface area (Å²) >= 11 is 6.09. The summed E-state index contributed by atoms with van der Waals surface area (Å²) in [5.74, 6) is -0.455. The van der Waals surface area contributed by atoms with Crippen LogP contribution in [0.25, 0.3) is 0 Å². The zero-order valence-electron chi connectivity index (χ0n) is 11.0. The number of esters is 1. The highest BCUT2D eigenvalue weighted by atomic mass is 35.5. The first-order valence-electron chi connectivity index (χ1n) is 6.07. The first kappa shape index (κ1) is 14.2. The van der Waals surface area contributed by atoms with Crippen LogP contribution < -0.4 is 11.1 Å². The molecule has 2 aromatic carbocycles. The monoisotopic (exact) mass is 290 g/mol. The Kier molecular flexibility index (Phi) is 4.48. The number of para-hydroxylation sites is 1. The fraction of sp³-hybridized carbons (Fsp3) is 0.133. The van der Waals surface area contributed by atoms with Crippen molar-refractivity contribution in [1.29, 1.82) is 0 Å². The van der Waals surface area contributed by atoms with Crippen molar-refractivity contribution in [3.63, 3.8) is 0 Å². The summed E-state index contributed by atoms with van der Waals surface area (Å²) in [5, 5.41) is 3.86. The van der Waals surface area contributed by atoms with E-state index in [1.165, 1.54) is 7.11 Å². The first-order valence-corrected chi connectivity index (χ1v) is 6.45. The van der Waals surface area contributed by atoms with Gasteiger partial charge in [0.05, 0.1) is 24.0 Å². The van der Waals surface area contributed by atoms with Gasteiger partial charge in [-0.05, 0) is 23.8 Å². The number of hydrogen-bond donors (Lipinski definition) is 2. The molecule has 5 heteroatoms. The van der Waals surface area contributed by atoms with Crippen LogP contribution in [0.2, 0.25) is 5.02 Å². The van der Waals surface area contributed by atoms with Gasteiger partial charge < -0.3 is 15.8 Å². The van der Waals surface area contributed by atoms with Crippen LogP contribution in [0.1, 0.15) is 15.9 Å². The summed E-state index contributed by atoms with van der Waals surface area (Å²) in [6, 6.07) is 12.7. The van der Waals surface area contributed by atoms with Crippen LogP contribution in [0.5, 0.6) is 0 Å². The Labute approximate surface area is 122 Å². The minimum Gasteiger partial charge on any atom is -0.465 e. The fourth-order valence-corrected chi connectivity index (χ4v) is 2.04. The van der Waals surface area contributed by atoms with Crippen LogP contribution in [-0.4, -0.2) is 13.1 Å². The zero-order chi connectivity index (χ0) is 14.5. The summed E-state index contributed by atoms with van der Waals surface area (Å²) < 4.78 is 4.69. The van der Waals surface area contributed by atoms with Gasteiger partial charge in [-0.25, -0.2) is 4.79 Å². The molecule has 4 nitrogen and oxygen atoms in total. The van der Waals surface area contributed by atoms with Crippen LogP contribution >= 0.6 is 11.6 Å². The molecule has 0 saturated carbocycles. The molecule has 0 aromatic heterocycles. The average molecular weight is 291 g/mol. The lowest BCUT2D eigenvalue weighted by molar-refractivity contribution is 0.0602. The molecule has 0 heterocycles. The number of carbonyl (C=O) groups is 1. The number of rotatable bonds is 4. The Balaban J connectivity index is 2.18. The quantitative estimate of drug-likeness (QED) is 0.670. The summed E-state index contributed by atoms with van der Waals surface area (Å²) in [6.07, 6.45) is 0. The average Bonchev–Trinajstić information content (AvgIpc) is 2.47. The van der Waals surface area contributed by atoms with Crippen molar-refractivity contribution in [3.8, 4) is 0 Å². The van der Waals surface area contributed by atoms with Crippen molar-refractivity contribution in [2.45, 2.75) is 6.54 Å². The van der Waals surface area contributed by atoms with Gasteiger partial charge in [-0.3, -0.25) is 0 Å². The number of carbonyl (C=O) groups excluding carboxylic acids is 1. The molecule has 0 aliphatic carbocycles. The van der Waals surface area contributed by atoms with Crippen molar-refractivity contribution in [1.82, 2.24) is 0 Å². The number of nitrogen functional groups attached to an aromatic ring is 1. The highest BCUT2D eigenvalue weighted by molar-refractivity contribution is 6.31. The largest absolute Gasteiger partial charge is 0.465 e. The van der Waals surface area contributed by atoms with E-state index in [1.54, 1.807) is 18.2 Å². The van der Waals surface area contributed by atoms with E-state index in [0.717, 1.165) is 5.56 Å². The Morgan fingerprint density at radius 2 is 2.00 bits per heavy atom. The van der Waals surface area contributed by atoms with E-state index < -0.39 is 5.97 Å². The number of halogens is 1. The molecular weight excluding hydrogens is 276 g/mol. The van der Waals surface area contributed by atoms with E-state index in [9.17, 15) is 4.79 Å². The van der Waals surface area contributed by atoms with Crippen molar-refractivity contribution in [2.24, 2.45) is 0 Å². The van der Waals surface area contributed by atoms with Gasteiger partial charge in [-0.2, -0.15) is 0 Å². The van der Waals surface area contributed by atoms with E-state index in [0.29, 0.717) is 28.5 Å². The first-order chi connectivity index (χ1) is 9.63. The van der Waals surface area contributed by atoms with Gasteiger partial charge in [0.1, 0.15) is 0 Å². The Bertz CT molecular complexity index is 629. The third-order valence-electron chi connectivity index (χ3n) is 2.94. The number of nitrogens with one attached hydrogen (secondary N) is 1. The lowest BCUT2D eigenvalue weighted by Gasteiger charge is -2.12. The molecule has 2 rings (SSSR count). The molecule has 2 aromatic rings. The van der Waals surface area contributed by atoms with Crippen molar-refractivity contribution in [3.05, 3.63) is 58.6 Å². The molecule has 0 saturated heterocycles. The second-order valence-corrected chi connectivity index (χ2v) is 4.61. The van der Waals surface area contributed by atoms with Gasteiger partial charge in [0.2, 0.25) is 0 Å². The molecular formula is C15H15ClN2O2. The molecule has 0 bridgehead atoms. The number of hydrogen-bond acceptors (Lipinski definition) is 4. The highest BCUT2D eigenvalue weighted by Crippen LogP contribution is 2.25. The molecule has 0 aliphatic heterocycles. The standard InChI is InChI=1S/C15H15ClN2O2/c1-20-15(19)11-6-4-8-13(14(11)17)18-9-10-5-2-3-7-12(10)16/h2-8,18H,9,17H2,1H3. The van der Waals surface area contributed by atoms with Crippen molar-refractivity contribution >= 4 is 28.9 Å². The maximum atomic E-state index is 11.6. The maximum absolute atomic E-state index is 11.6. The van der Waals surface area contributed by atoms with Crippen LogP contribution in [-0.2, 0) is 11.3 Å². The predicted molar refractivity (Wildman–Crippen MR) is 81.0 cm³/mol. The van der Waals surface area contributed by atoms with E-state index in [2.05, 4.69) is 10.1 Å². The second kappa shape index (κ2) is 6.30. The normalized spacial score (nSPS) is 10.1. The van der Waals surface area contributed by atoms with Crippen LogP contribution in [0, 0.1) is 0 Å². The number of methoxy groups -OCH3 is 1. The minimum absolute atomic E-state index is 0.344. The van der Waals surface area contributed by atoms with Crippen molar-refractivity contribution in [2.75, 3.05) is 18.2 Å². The number of anilines is 2. The number of ether oxygens (including phenoxy) is 1. The molecule has 0 aliphatic rings. The second-order valence-electron chi connectivity index (χ2n) is 4.20. The lowest BCUT2D eigenvalue weighted by Crippen LogP contribution is -2.09. The molecule has 0 atom stereocenters. The molecule has 0 amide bonds. The summed E-state index contributed by atoms with van der Waals surface area (Å²) in [4.78, 5) is 11.6. The summed E-state index contributed by atoms with van der Waals surface area (Å²) in [6.45, 7) is 0.522. The summed E-state index contributed by atoms with van der Waals surface area (Å²) in [7, 11) is 1.33. The van der Waals surface area contributed by atoms with E-state index >= 15 is 0 Å². The van der Waals surface area contributed by atoms with Gasteiger partial charge in [-0.15, -0.1) is 0 Å². The molecule has 0 spiro atoms. The molecule has 0 fully saturated rings. The number of benzene rings is 2. The van der Waals surface area contributed by atoms with Gasteiger partial charge in [0.25, 0.3) is 0 Å². The molecule has 0 unspecified atom stereocenters. The Morgan fingerprint density at radius 1 is 1.25 bits per heavy atom. The fourth-order valence-electron chi connectivity index (χ4n) is 1.84. The third kappa shape index (κ3) is 3.03. The Hall–Kier alpha value is -2.20. The SMILES string of the molecule is COC(=O)c1cccc(NCc2ccccc2Cl)c1N. The van der Waals surface area contributed by atoms with Crippen LogP contribution in [0.3, 0.4) is 0 Å². The van der Waals surface area contributed by atoms with E-state index in [-0.39, 0.29) is 0 Å². The topological polar surface area (TPSA) is 64.3 Å². The van der Waals surface area contributed by atoms with Crippen LogP contribution in [0.15, 0.2) is 42.5 Å². The lowest BCUT2D eigenvalue weighted by atomic mass is 10.1. The van der Waals surface area contributed by atoms with Crippen molar-refractivity contribution < 1.29 is 9.53 Å². The summed E-state index contributed by atoms with van der Waals surface area (Å²) in [5.41, 5.74) is 8.31. The minimum atomic E-state index is -0.455. The Morgan fingerprint density at radius 3 is 2.70 bits per heavy atom. The molecule has 20 heavy (non-hydrogen) atoms. The zero-order valence-corrected chi connectivity index (χ0v) is 11.8. The van der Waals surface area contributed by atoms with Crippen LogP contribution in [0.4, 0.5) is 11.4 Å². The third-order valence-corrected chi connectivity index (χ3v) is 3.31. The maximum Gasteiger partial charge on any atom is 0.340 e. The molecule has 3 N–H and O–H groups in total. The number of nitrogens with two attached hydrogens (primary N) is 1. The molecule has 104 valence electrons. The predicted octanol–water partition coefficient (Wildman–Crippen LogP) is 3.32. The van der Waals surface area contributed by atoms with E-state index in [1.807, 2.05) is 24.3 Å². The van der Waals surface area contributed by atoms with Gasteiger partial charge in [0, 0.05) is 11.6 Å². The highest BCUT2D eigenvalue weighted by Gasteiger charge is 2.12. The van der Waals surface area contributed by atoms with Gasteiger partial charge >= 0.3 is 5.97 Å². The van der Waals surface area contributed by atoms with Gasteiger partial charge in [-0.1, -0.05) is 35.9 Å². The molecule has 0 radical (unpaired) electrons. The smallest absolute Gasteiger partial charge is 0.340 e. The van der Waals surface area contributed by atoms with E-state index in [4.69, 9.17) is 17.3 Å². The van der Waals surface area contributed by atoms with Gasteiger partial charge in [0.15, 0.2) is 0 Å².